The van der Waals surface area contributed by atoms with Crippen molar-refractivity contribution in [3.05, 3.63) is 0 Å². The number of hydrogen-bond donors (Lipinski definition) is 5. The van der Waals surface area contributed by atoms with E-state index < -0.39 is 29.8 Å². The summed E-state index contributed by atoms with van der Waals surface area (Å²) < 4.78 is 0. The molecule has 0 fully saturated rings. The van der Waals surface area contributed by atoms with Crippen molar-refractivity contribution in [1.29, 1.82) is 0 Å². The zero-order valence-electron chi connectivity index (χ0n) is 9.46. The largest absolute Gasteiger partial charge is 0.396 e. The fourth-order valence-electron chi connectivity index (χ4n) is 1.23. The number of aliphatic hydroxyl groups excluding tert-OH is 5. The first-order valence-corrected chi connectivity index (χ1v) is 5.05. The first-order valence-electron chi connectivity index (χ1n) is 5.05. The third-order valence-corrected chi connectivity index (χ3v) is 2.38. The van der Waals surface area contributed by atoms with E-state index in [1.54, 1.807) is 20.8 Å². The molecule has 0 aliphatic carbocycles. The maximum absolute atomic E-state index is 9.66. The van der Waals surface area contributed by atoms with Gasteiger partial charge < -0.3 is 25.5 Å². The van der Waals surface area contributed by atoms with Gasteiger partial charge in [-0.15, -0.1) is 0 Å². The number of hydrogen-bond acceptors (Lipinski definition) is 5. The van der Waals surface area contributed by atoms with E-state index in [1.165, 1.54) is 0 Å². The van der Waals surface area contributed by atoms with Crippen LogP contribution in [0, 0.1) is 5.41 Å². The molecule has 0 aromatic rings. The molecule has 0 aromatic carbocycles. The summed E-state index contributed by atoms with van der Waals surface area (Å²) in [4.78, 5) is 0. The van der Waals surface area contributed by atoms with Gasteiger partial charge in [-0.2, -0.15) is 0 Å². The Morgan fingerprint density at radius 3 is 1.73 bits per heavy atom. The van der Waals surface area contributed by atoms with Gasteiger partial charge in [-0.05, 0) is 11.8 Å². The molecule has 5 heteroatoms. The molecule has 0 aliphatic heterocycles. The summed E-state index contributed by atoms with van der Waals surface area (Å²) in [6.45, 7) is 4.86. The summed E-state index contributed by atoms with van der Waals surface area (Å²) in [6.07, 6.45) is -5.28. The first-order chi connectivity index (χ1) is 6.71. The number of rotatable bonds is 5. The van der Waals surface area contributed by atoms with Crippen LogP contribution >= 0.6 is 0 Å². The third kappa shape index (κ3) is 4.44. The summed E-state index contributed by atoms with van der Waals surface area (Å²) >= 11 is 0. The Balaban J connectivity index is 4.36. The van der Waals surface area contributed by atoms with Gasteiger partial charge in [-0.1, -0.05) is 20.8 Å². The molecule has 0 spiro atoms. The smallest absolute Gasteiger partial charge is 0.109 e. The Bertz CT molecular complexity index is 177. The summed E-state index contributed by atoms with van der Waals surface area (Å²) in [5, 5.41) is 46.6. The van der Waals surface area contributed by atoms with E-state index >= 15 is 0 Å². The third-order valence-electron chi connectivity index (χ3n) is 2.38. The predicted octanol–water partition coefficient (Wildman–Crippen LogP) is -1.14. The summed E-state index contributed by atoms with van der Waals surface area (Å²) in [6, 6.07) is 0. The average molecular weight is 222 g/mol. The van der Waals surface area contributed by atoms with Crippen molar-refractivity contribution in [3.63, 3.8) is 0 Å². The van der Waals surface area contributed by atoms with Gasteiger partial charge in [-0.3, -0.25) is 0 Å². The van der Waals surface area contributed by atoms with Gasteiger partial charge in [0, 0.05) is 6.61 Å². The second-order valence-corrected chi connectivity index (χ2v) is 4.87. The quantitative estimate of drug-likeness (QED) is 0.405. The van der Waals surface area contributed by atoms with Crippen molar-refractivity contribution < 1.29 is 25.5 Å². The lowest BCUT2D eigenvalue weighted by atomic mass is 9.83. The Kier molecular flexibility index (Phi) is 5.69. The minimum absolute atomic E-state index is 0.0326. The molecular formula is C10H22O5. The standard InChI is InChI=1S/C10H22O5/c1-10(2,3)9(15)8(14)7(13)6(12)4-5-11/h6-9,11-15H,4-5H2,1-3H3/t6-,7+,8?,9-/m1/s1. The fraction of sp³-hybridized carbons (Fsp3) is 1.00. The van der Waals surface area contributed by atoms with Crippen LogP contribution in [0.15, 0.2) is 0 Å². The molecule has 0 amide bonds. The molecule has 0 heterocycles. The van der Waals surface area contributed by atoms with Crippen molar-refractivity contribution >= 4 is 0 Å². The van der Waals surface area contributed by atoms with Crippen LogP contribution in [-0.4, -0.2) is 56.6 Å². The highest BCUT2D eigenvalue weighted by Gasteiger charge is 2.36. The van der Waals surface area contributed by atoms with Gasteiger partial charge in [0.15, 0.2) is 0 Å². The molecule has 0 rings (SSSR count). The molecule has 92 valence electrons. The monoisotopic (exact) mass is 222 g/mol. The van der Waals surface area contributed by atoms with Crippen LogP contribution in [0.1, 0.15) is 27.2 Å². The zero-order chi connectivity index (χ0) is 12.2. The highest BCUT2D eigenvalue weighted by Crippen LogP contribution is 2.24. The molecule has 4 atom stereocenters. The molecule has 1 unspecified atom stereocenters. The SMILES string of the molecule is CC(C)(C)[C@H](O)C(O)[C@@H](O)[C@H](O)CCO. The second kappa shape index (κ2) is 5.77. The van der Waals surface area contributed by atoms with Crippen LogP contribution in [0.2, 0.25) is 0 Å². The summed E-state index contributed by atoms with van der Waals surface area (Å²) in [5.41, 5.74) is -0.584. The van der Waals surface area contributed by atoms with E-state index in [2.05, 4.69) is 0 Å². The minimum Gasteiger partial charge on any atom is -0.396 e. The fourth-order valence-corrected chi connectivity index (χ4v) is 1.23. The molecule has 0 saturated carbocycles. The molecule has 0 radical (unpaired) electrons. The molecule has 0 aliphatic rings. The molecule has 5 nitrogen and oxygen atoms in total. The van der Waals surface area contributed by atoms with Crippen LogP contribution < -0.4 is 0 Å². The normalized spacial score (nSPS) is 20.8. The molecule has 0 saturated heterocycles. The topological polar surface area (TPSA) is 101 Å². The maximum atomic E-state index is 9.66. The Morgan fingerprint density at radius 1 is 0.933 bits per heavy atom. The molecule has 0 aromatic heterocycles. The first kappa shape index (κ1) is 14.8. The summed E-state index contributed by atoms with van der Waals surface area (Å²) in [7, 11) is 0. The molecule has 15 heavy (non-hydrogen) atoms. The van der Waals surface area contributed by atoms with E-state index in [4.69, 9.17) is 5.11 Å². The summed E-state index contributed by atoms with van der Waals surface area (Å²) in [5.74, 6) is 0. The van der Waals surface area contributed by atoms with E-state index in [0.29, 0.717) is 0 Å². The van der Waals surface area contributed by atoms with Gasteiger partial charge in [0.05, 0.1) is 12.2 Å². The molecular weight excluding hydrogens is 200 g/mol. The highest BCUT2D eigenvalue weighted by molar-refractivity contribution is 4.86. The van der Waals surface area contributed by atoms with Crippen molar-refractivity contribution in [1.82, 2.24) is 0 Å². The van der Waals surface area contributed by atoms with Crippen LogP contribution in [0.25, 0.3) is 0 Å². The predicted molar refractivity (Wildman–Crippen MR) is 55.2 cm³/mol. The van der Waals surface area contributed by atoms with Gasteiger partial charge in [0.25, 0.3) is 0 Å². The van der Waals surface area contributed by atoms with Crippen LogP contribution in [0.4, 0.5) is 0 Å². The van der Waals surface area contributed by atoms with Crippen LogP contribution in [-0.2, 0) is 0 Å². The van der Waals surface area contributed by atoms with Gasteiger partial charge in [0.1, 0.15) is 12.2 Å². The van der Waals surface area contributed by atoms with E-state index in [-0.39, 0.29) is 13.0 Å². The highest BCUT2D eigenvalue weighted by atomic mass is 16.4. The van der Waals surface area contributed by atoms with Crippen molar-refractivity contribution in [2.45, 2.75) is 51.6 Å². The van der Waals surface area contributed by atoms with Crippen LogP contribution in [0.3, 0.4) is 0 Å². The van der Waals surface area contributed by atoms with E-state index in [1.807, 2.05) is 0 Å². The number of aliphatic hydroxyl groups is 5. The molecule has 0 bridgehead atoms. The van der Waals surface area contributed by atoms with E-state index in [9.17, 15) is 20.4 Å². The average Bonchev–Trinajstić information content (AvgIpc) is 2.13. The Labute approximate surface area is 90.0 Å². The van der Waals surface area contributed by atoms with Gasteiger partial charge in [-0.25, -0.2) is 0 Å². The molecule has 5 N–H and O–H groups in total. The lowest BCUT2D eigenvalue weighted by Gasteiger charge is -2.33. The maximum Gasteiger partial charge on any atom is 0.109 e. The van der Waals surface area contributed by atoms with Crippen molar-refractivity contribution in [2.24, 2.45) is 5.41 Å². The van der Waals surface area contributed by atoms with Crippen molar-refractivity contribution in [2.75, 3.05) is 6.61 Å². The lowest BCUT2D eigenvalue weighted by molar-refractivity contribution is -0.133. The zero-order valence-corrected chi connectivity index (χ0v) is 9.46. The van der Waals surface area contributed by atoms with Gasteiger partial charge >= 0.3 is 0 Å². The van der Waals surface area contributed by atoms with Crippen molar-refractivity contribution in [3.8, 4) is 0 Å². The Hall–Kier alpha value is -0.200. The van der Waals surface area contributed by atoms with Crippen LogP contribution in [0.5, 0.6) is 0 Å². The van der Waals surface area contributed by atoms with E-state index in [0.717, 1.165) is 0 Å². The second-order valence-electron chi connectivity index (χ2n) is 4.87. The Morgan fingerprint density at radius 2 is 1.40 bits per heavy atom. The minimum atomic E-state index is -1.45. The lowest BCUT2D eigenvalue weighted by Crippen LogP contribution is -2.49. The van der Waals surface area contributed by atoms with Gasteiger partial charge in [0.2, 0.25) is 0 Å².